The smallest absolute Gasteiger partial charge is 0.360 e. The van der Waals surface area contributed by atoms with Gasteiger partial charge in [0.1, 0.15) is 6.26 Å². The van der Waals surface area contributed by atoms with Crippen molar-refractivity contribution in [2.45, 2.75) is 19.8 Å². The van der Waals surface area contributed by atoms with Crippen molar-refractivity contribution in [1.29, 1.82) is 0 Å². The van der Waals surface area contributed by atoms with Gasteiger partial charge in [0, 0.05) is 6.42 Å². The Hall–Kier alpha value is -2.36. The van der Waals surface area contributed by atoms with E-state index >= 15 is 0 Å². The first-order valence-electron chi connectivity index (χ1n) is 6.44. The number of hydrogen-bond acceptors (Lipinski definition) is 4. The standard InChI is InChI=1S/C16H17NO3/c1-12(10-13-6-4-3-5-7-13)8-9-15-17-14(11-20-15)16(18)19-2/h3-7,10-11H,8-9H2,1-2H3. The van der Waals surface area contributed by atoms with E-state index in [0.29, 0.717) is 12.3 Å². The van der Waals surface area contributed by atoms with Crippen LogP contribution >= 0.6 is 0 Å². The predicted octanol–water partition coefficient (Wildman–Crippen LogP) is 3.50. The summed E-state index contributed by atoms with van der Waals surface area (Å²) in [6.45, 7) is 2.07. The SMILES string of the molecule is COC(=O)c1coc(CCC(C)=Cc2ccccc2)n1. The fraction of sp³-hybridized carbons (Fsp3) is 0.250. The Morgan fingerprint density at radius 3 is 2.80 bits per heavy atom. The maximum atomic E-state index is 11.2. The first kappa shape index (κ1) is 14.1. The average Bonchev–Trinajstić information content (AvgIpc) is 2.94. The van der Waals surface area contributed by atoms with E-state index in [1.807, 2.05) is 18.2 Å². The number of nitrogens with zero attached hydrogens (tertiary/aromatic N) is 1. The maximum Gasteiger partial charge on any atom is 0.360 e. The van der Waals surface area contributed by atoms with Crippen LogP contribution in [0.15, 0.2) is 46.6 Å². The fourth-order valence-corrected chi connectivity index (χ4v) is 1.83. The lowest BCUT2D eigenvalue weighted by Crippen LogP contribution is -2.01. The lowest BCUT2D eigenvalue weighted by molar-refractivity contribution is 0.0594. The molecule has 1 aromatic carbocycles. The van der Waals surface area contributed by atoms with Gasteiger partial charge in [-0.2, -0.15) is 0 Å². The van der Waals surface area contributed by atoms with E-state index in [1.165, 1.54) is 24.5 Å². The van der Waals surface area contributed by atoms with Gasteiger partial charge in [0.2, 0.25) is 0 Å². The van der Waals surface area contributed by atoms with Crippen LogP contribution in [0.5, 0.6) is 0 Å². The molecule has 4 nitrogen and oxygen atoms in total. The Balaban J connectivity index is 1.93. The molecule has 4 heteroatoms. The van der Waals surface area contributed by atoms with Gasteiger partial charge in [-0.15, -0.1) is 0 Å². The quantitative estimate of drug-likeness (QED) is 0.781. The summed E-state index contributed by atoms with van der Waals surface area (Å²) in [7, 11) is 1.32. The summed E-state index contributed by atoms with van der Waals surface area (Å²) in [5.74, 6) is 0.0720. The van der Waals surface area contributed by atoms with Crippen molar-refractivity contribution in [2.24, 2.45) is 0 Å². The third-order valence-corrected chi connectivity index (χ3v) is 2.89. The molecule has 0 bridgehead atoms. The zero-order chi connectivity index (χ0) is 14.4. The summed E-state index contributed by atoms with van der Waals surface area (Å²) in [4.78, 5) is 15.3. The number of carbonyl (C=O) groups is 1. The molecule has 0 spiro atoms. The second-order valence-corrected chi connectivity index (χ2v) is 4.52. The van der Waals surface area contributed by atoms with Crippen LogP contribution < -0.4 is 0 Å². The van der Waals surface area contributed by atoms with Crippen molar-refractivity contribution >= 4 is 12.0 Å². The van der Waals surface area contributed by atoms with Crippen molar-refractivity contribution in [1.82, 2.24) is 4.98 Å². The number of aromatic nitrogens is 1. The van der Waals surface area contributed by atoms with Crippen molar-refractivity contribution in [3.8, 4) is 0 Å². The minimum atomic E-state index is -0.475. The van der Waals surface area contributed by atoms with Gasteiger partial charge >= 0.3 is 5.97 Å². The molecule has 0 aliphatic rings. The topological polar surface area (TPSA) is 52.3 Å². The molecule has 0 atom stereocenters. The normalized spacial score (nSPS) is 11.4. The number of hydrogen-bond donors (Lipinski definition) is 0. The van der Waals surface area contributed by atoms with Crippen molar-refractivity contribution < 1.29 is 13.9 Å². The summed E-state index contributed by atoms with van der Waals surface area (Å²) in [6, 6.07) is 10.1. The molecule has 0 saturated carbocycles. The molecule has 0 radical (unpaired) electrons. The molecule has 2 aromatic rings. The van der Waals surface area contributed by atoms with Gasteiger partial charge in [-0.1, -0.05) is 42.0 Å². The highest BCUT2D eigenvalue weighted by atomic mass is 16.5. The van der Waals surface area contributed by atoms with Crippen LogP contribution in [0.4, 0.5) is 0 Å². The van der Waals surface area contributed by atoms with Crippen molar-refractivity contribution in [3.63, 3.8) is 0 Å². The number of benzene rings is 1. The van der Waals surface area contributed by atoms with E-state index in [9.17, 15) is 4.79 Å². The molecule has 0 unspecified atom stereocenters. The summed E-state index contributed by atoms with van der Waals surface area (Å²) >= 11 is 0. The van der Waals surface area contributed by atoms with E-state index in [1.54, 1.807) is 0 Å². The van der Waals surface area contributed by atoms with Gasteiger partial charge in [-0.05, 0) is 18.9 Å². The van der Waals surface area contributed by atoms with Crippen LogP contribution in [0, 0.1) is 0 Å². The third kappa shape index (κ3) is 3.82. The van der Waals surface area contributed by atoms with Gasteiger partial charge in [0.25, 0.3) is 0 Å². The number of esters is 1. The Morgan fingerprint density at radius 1 is 1.35 bits per heavy atom. The number of oxazole rings is 1. The fourth-order valence-electron chi connectivity index (χ4n) is 1.83. The highest BCUT2D eigenvalue weighted by molar-refractivity contribution is 5.86. The van der Waals surface area contributed by atoms with E-state index in [-0.39, 0.29) is 5.69 Å². The Morgan fingerprint density at radius 2 is 2.10 bits per heavy atom. The van der Waals surface area contributed by atoms with Crippen LogP contribution in [0.25, 0.3) is 6.08 Å². The highest BCUT2D eigenvalue weighted by Gasteiger charge is 2.11. The van der Waals surface area contributed by atoms with Gasteiger partial charge in [-0.25, -0.2) is 9.78 Å². The maximum absolute atomic E-state index is 11.2. The van der Waals surface area contributed by atoms with Gasteiger partial charge < -0.3 is 9.15 Å². The average molecular weight is 271 g/mol. The molecule has 2 rings (SSSR count). The minimum Gasteiger partial charge on any atom is -0.464 e. The molecule has 1 heterocycles. The molecule has 0 aliphatic carbocycles. The molecule has 0 saturated heterocycles. The summed E-state index contributed by atoms with van der Waals surface area (Å²) < 4.78 is 9.83. The van der Waals surface area contributed by atoms with Crippen LogP contribution in [0.2, 0.25) is 0 Å². The van der Waals surface area contributed by atoms with E-state index in [0.717, 1.165) is 6.42 Å². The van der Waals surface area contributed by atoms with Crippen LogP contribution in [0.3, 0.4) is 0 Å². The number of aryl methyl sites for hydroxylation is 1. The molecule has 104 valence electrons. The first-order valence-corrected chi connectivity index (χ1v) is 6.44. The van der Waals surface area contributed by atoms with E-state index in [4.69, 9.17) is 4.42 Å². The van der Waals surface area contributed by atoms with Gasteiger partial charge in [-0.3, -0.25) is 0 Å². The number of ether oxygens (including phenoxy) is 1. The molecule has 20 heavy (non-hydrogen) atoms. The van der Waals surface area contributed by atoms with Crippen LogP contribution in [0.1, 0.15) is 35.3 Å². The molecule has 1 aromatic heterocycles. The zero-order valence-corrected chi connectivity index (χ0v) is 11.6. The lowest BCUT2D eigenvalue weighted by Gasteiger charge is -1.99. The van der Waals surface area contributed by atoms with Crippen LogP contribution in [-0.2, 0) is 11.2 Å². The number of allylic oxidation sites excluding steroid dienone is 1. The first-order chi connectivity index (χ1) is 9.69. The minimum absolute atomic E-state index is 0.215. The molecule has 0 fully saturated rings. The summed E-state index contributed by atoms with van der Waals surface area (Å²) in [5.41, 5.74) is 2.62. The molecular weight excluding hydrogens is 254 g/mol. The number of carbonyl (C=O) groups excluding carboxylic acids is 1. The number of methoxy groups -OCH3 is 1. The summed E-state index contributed by atoms with van der Waals surface area (Å²) in [6.07, 6.45) is 4.95. The molecule has 0 amide bonds. The van der Waals surface area contributed by atoms with E-state index < -0.39 is 5.97 Å². The monoisotopic (exact) mass is 271 g/mol. The second kappa shape index (κ2) is 6.70. The molecule has 0 N–H and O–H groups in total. The Labute approximate surface area is 118 Å². The van der Waals surface area contributed by atoms with Crippen molar-refractivity contribution in [3.05, 3.63) is 59.3 Å². The van der Waals surface area contributed by atoms with Gasteiger partial charge in [0.15, 0.2) is 11.6 Å². The second-order valence-electron chi connectivity index (χ2n) is 4.52. The summed E-state index contributed by atoms with van der Waals surface area (Å²) in [5, 5.41) is 0. The molecule has 0 aliphatic heterocycles. The van der Waals surface area contributed by atoms with E-state index in [2.05, 4.69) is 34.9 Å². The van der Waals surface area contributed by atoms with Crippen molar-refractivity contribution in [2.75, 3.05) is 7.11 Å². The predicted molar refractivity (Wildman–Crippen MR) is 76.3 cm³/mol. The van der Waals surface area contributed by atoms with Gasteiger partial charge in [0.05, 0.1) is 7.11 Å². The van der Waals surface area contributed by atoms with Crippen LogP contribution in [-0.4, -0.2) is 18.1 Å². The zero-order valence-electron chi connectivity index (χ0n) is 11.6. The Bertz CT molecular complexity index is 599. The Kier molecular flexibility index (Phi) is 4.71. The highest BCUT2D eigenvalue weighted by Crippen LogP contribution is 2.13. The molecular formula is C16H17NO3. The third-order valence-electron chi connectivity index (χ3n) is 2.89. The lowest BCUT2D eigenvalue weighted by atomic mass is 10.1. The largest absolute Gasteiger partial charge is 0.464 e. The number of rotatable bonds is 5.